The maximum atomic E-state index is 13.2. The van der Waals surface area contributed by atoms with Crippen molar-refractivity contribution in [1.82, 2.24) is 20.9 Å². The molecular weight excluding hydrogens is 580 g/mol. The fourth-order valence-corrected chi connectivity index (χ4v) is 7.46. The fourth-order valence-electron chi connectivity index (χ4n) is 4.35. The molecule has 0 saturated heterocycles. The molecule has 11 nitrogen and oxygen atoms in total. The highest BCUT2D eigenvalue weighted by Crippen LogP contribution is 2.34. The van der Waals surface area contributed by atoms with Gasteiger partial charge in [-0.2, -0.15) is 0 Å². The Bertz CT molecular complexity index is 1550. The number of carbonyl (C=O) groups excluding carboxylic acids is 3. The first kappa shape index (κ1) is 31.5. The predicted octanol–water partition coefficient (Wildman–Crippen LogP) is 2.09. The molecule has 1 atom stereocenters. The van der Waals surface area contributed by atoms with Crippen molar-refractivity contribution in [3.8, 4) is 11.1 Å². The lowest BCUT2D eigenvalue weighted by Crippen LogP contribution is -2.44. The summed E-state index contributed by atoms with van der Waals surface area (Å²) >= 11 is 1.08. The number of hydrogen-bond donors (Lipinski definition) is 5. The molecule has 42 heavy (non-hydrogen) atoms. The molecule has 3 aromatic rings. The number of fused-ring (bicyclic) bond motifs is 1. The monoisotopic (exact) mass is 616 g/mol. The van der Waals surface area contributed by atoms with Crippen LogP contribution >= 0.6 is 11.3 Å². The van der Waals surface area contributed by atoms with E-state index < -0.39 is 32.3 Å². The number of nitrogens with one attached hydrogen (secondary N) is 3. The van der Waals surface area contributed by atoms with E-state index in [1.54, 1.807) is 30.3 Å². The molecule has 1 aliphatic rings. The Labute approximate surface area is 248 Å². The van der Waals surface area contributed by atoms with E-state index in [1.165, 1.54) is 0 Å². The second kappa shape index (κ2) is 13.3. The Kier molecular flexibility index (Phi) is 9.97. The van der Waals surface area contributed by atoms with Gasteiger partial charge in [0.05, 0.1) is 22.5 Å². The fraction of sp³-hybridized carbons (Fsp3) is 0.448. The first-order valence-electron chi connectivity index (χ1n) is 13.8. The van der Waals surface area contributed by atoms with Gasteiger partial charge in [0.1, 0.15) is 5.01 Å². The molecule has 1 aromatic heterocycles. The first-order valence-corrected chi connectivity index (χ1v) is 16.3. The van der Waals surface area contributed by atoms with Crippen LogP contribution in [0, 0.1) is 0 Å². The van der Waals surface area contributed by atoms with Gasteiger partial charge in [0.2, 0.25) is 11.8 Å². The smallest absolute Gasteiger partial charge is 0.251 e. The van der Waals surface area contributed by atoms with Crippen LogP contribution in [0.5, 0.6) is 0 Å². The topological polar surface area (TPSA) is 175 Å². The Hall–Kier alpha value is -3.39. The van der Waals surface area contributed by atoms with Gasteiger partial charge in [0.25, 0.3) is 5.91 Å². The second-order valence-electron chi connectivity index (χ2n) is 11.0. The van der Waals surface area contributed by atoms with Crippen LogP contribution in [0.4, 0.5) is 0 Å². The lowest BCUT2D eigenvalue weighted by molar-refractivity contribution is -0.126. The zero-order valence-electron chi connectivity index (χ0n) is 23.6. The number of nitrogens with zero attached hydrogens (tertiary/aromatic N) is 1. The Balaban J connectivity index is 1.55. The Morgan fingerprint density at radius 1 is 1.05 bits per heavy atom. The molecule has 226 valence electrons. The van der Waals surface area contributed by atoms with E-state index in [0.29, 0.717) is 22.2 Å². The van der Waals surface area contributed by atoms with E-state index in [4.69, 9.17) is 0 Å². The van der Waals surface area contributed by atoms with Crippen LogP contribution in [0.25, 0.3) is 21.3 Å². The molecule has 13 heteroatoms. The standard InChI is InChI=1S/C29H36N4O7S2/c1-29(2,12-14-35)33-26(37)19-6-4-18(5-7-19)20-8-11-22-23(16-20)41-28(32-22)25(42(39,40)15-3-13-34)27(38)30-17-24(36)31-21-9-10-21/h4-8,11,16,21,25,34-35H,3,9-10,12-15,17H2,1-2H3,(H,30,38)(H,31,36)(H,33,37). The summed E-state index contributed by atoms with van der Waals surface area (Å²) in [5.74, 6) is -1.88. The van der Waals surface area contributed by atoms with Gasteiger partial charge in [0, 0.05) is 30.4 Å². The molecule has 1 saturated carbocycles. The van der Waals surface area contributed by atoms with Gasteiger partial charge in [-0.05, 0) is 74.9 Å². The van der Waals surface area contributed by atoms with Crippen LogP contribution in [0.2, 0.25) is 0 Å². The molecule has 0 aliphatic heterocycles. The maximum Gasteiger partial charge on any atom is 0.251 e. The van der Waals surface area contributed by atoms with E-state index in [1.807, 2.05) is 26.0 Å². The van der Waals surface area contributed by atoms with Crippen molar-refractivity contribution >= 4 is 49.1 Å². The largest absolute Gasteiger partial charge is 0.396 e. The minimum absolute atomic E-state index is 0.0315. The average molecular weight is 617 g/mol. The van der Waals surface area contributed by atoms with Crippen LogP contribution < -0.4 is 16.0 Å². The minimum atomic E-state index is -4.04. The number of sulfone groups is 1. The number of thiazole rings is 1. The molecule has 0 spiro atoms. The summed E-state index contributed by atoms with van der Waals surface area (Å²) in [6, 6.07) is 12.5. The molecule has 1 unspecified atom stereocenters. The normalized spacial score (nSPS) is 14.4. The molecule has 4 rings (SSSR count). The van der Waals surface area contributed by atoms with Crippen molar-refractivity contribution < 1.29 is 33.0 Å². The van der Waals surface area contributed by atoms with Gasteiger partial charge < -0.3 is 26.2 Å². The molecule has 1 fully saturated rings. The van der Waals surface area contributed by atoms with Crippen LogP contribution in [-0.4, -0.2) is 78.4 Å². The third kappa shape index (κ3) is 8.12. The third-order valence-corrected chi connectivity index (χ3v) is 10.1. The number of carbonyl (C=O) groups is 3. The number of aromatic nitrogens is 1. The van der Waals surface area contributed by atoms with E-state index in [-0.39, 0.29) is 49.0 Å². The van der Waals surface area contributed by atoms with E-state index in [0.717, 1.165) is 35.3 Å². The number of aliphatic hydroxyl groups is 2. The molecule has 1 heterocycles. The minimum Gasteiger partial charge on any atom is -0.396 e. The van der Waals surface area contributed by atoms with Gasteiger partial charge in [-0.1, -0.05) is 18.2 Å². The van der Waals surface area contributed by atoms with E-state index in [9.17, 15) is 33.0 Å². The molecule has 2 aromatic carbocycles. The lowest BCUT2D eigenvalue weighted by atomic mass is 9.99. The summed E-state index contributed by atoms with van der Waals surface area (Å²) in [6.07, 6.45) is 2.16. The highest BCUT2D eigenvalue weighted by atomic mass is 32.2. The van der Waals surface area contributed by atoms with E-state index >= 15 is 0 Å². The van der Waals surface area contributed by atoms with Crippen molar-refractivity contribution in [2.24, 2.45) is 0 Å². The van der Waals surface area contributed by atoms with Gasteiger partial charge >= 0.3 is 0 Å². The molecule has 5 N–H and O–H groups in total. The lowest BCUT2D eigenvalue weighted by Gasteiger charge is -2.25. The summed E-state index contributed by atoms with van der Waals surface area (Å²) in [4.78, 5) is 42.3. The van der Waals surface area contributed by atoms with Gasteiger partial charge in [-0.3, -0.25) is 14.4 Å². The van der Waals surface area contributed by atoms with Crippen LogP contribution in [0.3, 0.4) is 0 Å². The van der Waals surface area contributed by atoms with Gasteiger partial charge in [0.15, 0.2) is 15.1 Å². The number of hydrogen-bond acceptors (Lipinski definition) is 9. The molecule has 0 radical (unpaired) electrons. The highest BCUT2D eigenvalue weighted by Gasteiger charge is 2.37. The Morgan fingerprint density at radius 3 is 2.38 bits per heavy atom. The zero-order chi connectivity index (χ0) is 30.5. The number of benzene rings is 2. The van der Waals surface area contributed by atoms with Crippen molar-refractivity contribution in [3.05, 3.63) is 53.0 Å². The van der Waals surface area contributed by atoms with Gasteiger partial charge in [-0.15, -0.1) is 11.3 Å². The van der Waals surface area contributed by atoms with Crippen LogP contribution in [0.15, 0.2) is 42.5 Å². The zero-order valence-corrected chi connectivity index (χ0v) is 25.2. The van der Waals surface area contributed by atoms with Crippen LogP contribution in [0.1, 0.15) is 60.1 Å². The number of rotatable bonds is 14. The third-order valence-electron chi connectivity index (χ3n) is 6.85. The summed E-state index contributed by atoms with van der Waals surface area (Å²) in [5, 5.41) is 25.0. The summed E-state index contributed by atoms with van der Waals surface area (Å²) in [5.41, 5.74) is 2.07. The summed E-state index contributed by atoms with van der Waals surface area (Å²) in [6.45, 7) is 2.95. The van der Waals surface area contributed by atoms with Crippen molar-refractivity contribution in [2.75, 3.05) is 25.5 Å². The van der Waals surface area contributed by atoms with Gasteiger partial charge in [-0.25, -0.2) is 13.4 Å². The second-order valence-corrected chi connectivity index (χ2v) is 14.3. The summed E-state index contributed by atoms with van der Waals surface area (Å²) < 4.78 is 27.0. The number of amides is 3. The Morgan fingerprint density at radius 2 is 1.74 bits per heavy atom. The quantitative estimate of drug-likeness (QED) is 0.183. The predicted molar refractivity (Wildman–Crippen MR) is 161 cm³/mol. The molecule has 3 amide bonds. The molecular formula is C29H36N4O7S2. The van der Waals surface area contributed by atoms with Crippen molar-refractivity contribution in [3.63, 3.8) is 0 Å². The first-order chi connectivity index (χ1) is 19.9. The van der Waals surface area contributed by atoms with Crippen molar-refractivity contribution in [2.45, 2.75) is 56.4 Å². The molecule has 1 aliphatic carbocycles. The van der Waals surface area contributed by atoms with Crippen molar-refractivity contribution in [1.29, 1.82) is 0 Å². The average Bonchev–Trinajstić information content (AvgIpc) is 3.65. The highest BCUT2D eigenvalue weighted by molar-refractivity contribution is 7.92. The number of aliphatic hydroxyl groups excluding tert-OH is 2. The van der Waals surface area contributed by atoms with E-state index in [2.05, 4.69) is 20.9 Å². The van der Waals surface area contributed by atoms with Crippen LogP contribution in [-0.2, 0) is 19.4 Å². The SMILES string of the molecule is CC(C)(CCO)NC(=O)c1ccc(-c2ccc3nc(C(C(=O)NCC(=O)NC4CC4)S(=O)(=O)CCCO)sc3c2)cc1. The molecule has 0 bridgehead atoms. The summed E-state index contributed by atoms with van der Waals surface area (Å²) in [7, 11) is -4.04. The maximum absolute atomic E-state index is 13.2.